The highest BCUT2D eigenvalue weighted by atomic mass is 16.5. The molecule has 54 heavy (non-hydrogen) atoms. The van der Waals surface area contributed by atoms with E-state index in [1.54, 1.807) is 0 Å². The van der Waals surface area contributed by atoms with Crippen molar-refractivity contribution in [1.82, 2.24) is 15.0 Å². The van der Waals surface area contributed by atoms with Crippen molar-refractivity contribution in [3.8, 4) is 56.8 Å². The van der Waals surface area contributed by atoms with Crippen molar-refractivity contribution in [3.05, 3.63) is 210 Å². The lowest BCUT2D eigenvalue weighted by molar-refractivity contribution is 0.375. The molecule has 4 heteroatoms. The van der Waals surface area contributed by atoms with Crippen LogP contribution in [-0.4, -0.2) is 15.0 Å². The van der Waals surface area contributed by atoms with Gasteiger partial charge in [0, 0.05) is 45.2 Å². The van der Waals surface area contributed by atoms with Gasteiger partial charge in [-0.15, -0.1) is 0 Å². The molecule has 1 aromatic heterocycles. The summed E-state index contributed by atoms with van der Waals surface area (Å²) in [5.74, 6) is 4.06. The quantitative estimate of drug-likeness (QED) is 0.184. The topological polar surface area (TPSA) is 47.9 Å². The molecule has 7 aromatic carbocycles. The summed E-state index contributed by atoms with van der Waals surface area (Å²) >= 11 is 0. The first kappa shape index (κ1) is 30.7. The second-order valence-corrected chi connectivity index (χ2v) is 14.2. The van der Waals surface area contributed by atoms with Gasteiger partial charge in [0.15, 0.2) is 17.5 Å². The van der Waals surface area contributed by atoms with Crippen LogP contribution in [0.3, 0.4) is 0 Å². The van der Waals surface area contributed by atoms with Crippen LogP contribution in [0.2, 0.25) is 0 Å². The van der Waals surface area contributed by atoms with Gasteiger partial charge in [-0.1, -0.05) is 182 Å². The number of rotatable bonds is 4. The van der Waals surface area contributed by atoms with Crippen LogP contribution in [0, 0.1) is 5.92 Å². The molecule has 2 aliphatic carbocycles. The number of nitrogens with zero attached hydrogens (tertiary/aromatic N) is 3. The summed E-state index contributed by atoms with van der Waals surface area (Å²) in [6, 6.07) is 57.5. The van der Waals surface area contributed by atoms with Gasteiger partial charge < -0.3 is 4.74 Å². The summed E-state index contributed by atoms with van der Waals surface area (Å²) in [5.41, 5.74) is 9.44. The molecule has 8 aromatic rings. The molecule has 0 fully saturated rings. The summed E-state index contributed by atoms with van der Waals surface area (Å²) < 4.78 is 7.14. The molecule has 0 saturated carbocycles. The fourth-order valence-electron chi connectivity index (χ4n) is 9.26. The monoisotopic (exact) mass is 691 g/mol. The molecule has 3 unspecified atom stereocenters. The summed E-state index contributed by atoms with van der Waals surface area (Å²) in [7, 11) is 0. The van der Waals surface area contributed by atoms with E-state index >= 15 is 0 Å². The molecule has 0 saturated heterocycles. The van der Waals surface area contributed by atoms with E-state index in [1.165, 1.54) is 22.3 Å². The van der Waals surface area contributed by atoms with E-state index in [-0.39, 0.29) is 11.8 Å². The van der Waals surface area contributed by atoms with Crippen molar-refractivity contribution in [2.24, 2.45) is 5.92 Å². The normalized spacial score (nSPS) is 18.8. The second kappa shape index (κ2) is 12.1. The zero-order valence-corrected chi connectivity index (χ0v) is 29.3. The molecule has 0 amide bonds. The van der Waals surface area contributed by atoms with Crippen LogP contribution >= 0.6 is 0 Å². The maximum atomic E-state index is 7.14. The van der Waals surface area contributed by atoms with Crippen molar-refractivity contribution < 1.29 is 4.74 Å². The zero-order chi connectivity index (χ0) is 35.6. The smallest absolute Gasteiger partial charge is 0.165 e. The minimum atomic E-state index is -0.451. The number of para-hydroxylation sites is 2. The molecule has 1 spiro atoms. The van der Waals surface area contributed by atoms with E-state index in [4.69, 9.17) is 19.7 Å². The molecule has 0 N–H and O–H groups in total. The molecule has 0 bridgehead atoms. The molecule has 254 valence electrons. The van der Waals surface area contributed by atoms with Gasteiger partial charge in [0.05, 0.1) is 5.41 Å². The van der Waals surface area contributed by atoms with E-state index in [1.807, 2.05) is 36.4 Å². The summed E-state index contributed by atoms with van der Waals surface area (Å²) in [5, 5.41) is 2.17. The standard InChI is InChI=1S/C50H33N3O/c1-3-17-33(18-4-1)47-51-48(34-19-5-2-6-20-34)53-49(52-47)45-35-21-8-7-16-32(35)30-31-38(45)39-24-15-28-43-46(39)54-44-29-14-13-27-42(44)50(43)40-25-11-9-22-36(40)37-23-10-12-26-41(37)50/h1-31,36,40H. The van der Waals surface area contributed by atoms with Crippen molar-refractivity contribution in [3.63, 3.8) is 0 Å². The van der Waals surface area contributed by atoms with Crippen molar-refractivity contribution in [2.45, 2.75) is 11.3 Å². The summed E-state index contributed by atoms with van der Waals surface area (Å²) in [6.07, 6.45) is 9.19. The fraction of sp³-hybridized carbons (Fsp3) is 0.0600. The molecule has 0 radical (unpaired) electrons. The van der Waals surface area contributed by atoms with Gasteiger partial charge in [0.25, 0.3) is 0 Å². The lowest BCUT2D eigenvalue weighted by Gasteiger charge is -2.43. The van der Waals surface area contributed by atoms with Crippen LogP contribution in [0.25, 0.3) is 56.1 Å². The van der Waals surface area contributed by atoms with Crippen LogP contribution in [0.4, 0.5) is 0 Å². The van der Waals surface area contributed by atoms with Gasteiger partial charge in [-0.05, 0) is 33.5 Å². The largest absolute Gasteiger partial charge is 0.456 e. The minimum Gasteiger partial charge on any atom is -0.456 e. The molecule has 1 aliphatic heterocycles. The Labute approximate surface area is 313 Å². The fourth-order valence-corrected chi connectivity index (χ4v) is 9.26. The Hall–Kier alpha value is -6.91. The number of fused-ring (bicyclic) bond motifs is 10. The first-order chi connectivity index (χ1) is 26.8. The molecule has 3 atom stereocenters. The second-order valence-electron chi connectivity index (χ2n) is 14.2. The number of benzene rings is 7. The highest BCUT2D eigenvalue weighted by Crippen LogP contribution is 2.65. The Morgan fingerprint density at radius 1 is 0.463 bits per heavy atom. The van der Waals surface area contributed by atoms with Gasteiger partial charge in [0.2, 0.25) is 0 Å². The van der Waals surface area contributed by atoms with Gasteiger partial charge >= 0.3 is 0 Å². The first-order valence-electron chi connectivity index (χ1n) is 18.5. The van der Waals surface area contributed by atoms with Crippen molar-refractivity contribution in [2.75, 3.05) is 0 Å². The maximum absolute atomic E-state index is 7.14. The average molecular weight is 692 g/mol. The Bertz CT molecular complexity index is 2770. The molecule has 11 rings (SSSR count). The molecular formula is C50H33N3O. The predicted molar refractivity (Wildman–Crippen MR) is 216 cm³/mol. The minimum absolute atomic E-state index is 0.181. The third-order valence-corrected chi connectivity index (χ3v) is 11.5. The number of hydrogen-bond acceptors (Lipinski definition) is 4. The van der Waals surface area contributed by atoms with Gasteiger partial charge in [0.1, 0.15) is 11.5 Å². The van der Waals surface area contributed by atoms with Crippen molar-refractivity contribution in [1.29, 1.82) is 0 Å². The van der Waals surface area contributed by atoms with Crippen LogP contribution in [0.5, 0.6) is 11.5 Å². The highest BCUT2D eigenvalue weighted by molar-refractivity contribution is 6.04. The summed E-state index contributed by atoms with van der Waals surface area (Å²) in [6.45, 7) is 0. The van der Waals surface area contributed by atoms with E-state index in [9.17, 15) is 0 Å². The third kappa shape index (κ3) is 4.47. The van der Waals surface area contributed by atoms with Crippen LogP contribution in [0.1, 0.15) is 28.2 Å². The van der Waals surface area contributed by atoms with Gasteiger partial charge in [-0.3, -0.25) is 0 Å². The molecule has 4 nitrogen and oxygen atoms in total. The lowest BCUT2D eigenvalue weighted by atomic mass is 9.61. The number of aromatic nitrogens is 3. The third-order valence-electron chi connectivity index (χ3n) is 11.5. The molecule has 3 aliphatic rings. The van der Waals surface area contributed by atoms with E-state index in [2.05, 4.69) is 152 Å². The first-order valence-corrected chi connectivity index (χ1v) is 18.5. The lowest BCUT2D eigenvalue weighted by Crippen LogP contribution is -2.37. The van der Waals surface area contributed by atoms with Gasteiger partial charge in [-0.2, -0.15) is 0 Å². The highest BCUT2D eigenvalue weighted by Gasteiger charge is 2.56. The number of hydrogen-bond donors (Lipinski definition) is 0. The summed E-state index contributed by atoms with van der Waals surface area (Å²) in [4.78, 5) is 15.5. The Balaban J connectivity index is 1.21. The SMILES string of the molecule is C1=CC2c3ccccc3C3(c4ccccc4Oc4c(-c5ccc6ccccc6c5-c5nc(-c6ccccc6)nc(-c6ccccc6)n5)cccc43)C2C=C1. The van der Waals surface area contributed by atoms with Crippen LogP contribution in [-0.2, 0) is 5.41 Å². The predicted octanol–water partition coefficient (Wildman–Crippen LogP) is 12.0. The zero-order valence-electron chi connectivity index (χ0n) is 29.3. The van der Waals surface area contributed by atoms with E-state index in [0.29, 0.717) is 17.5 Å². The molecule has 2 heterocycles. The Morgan fingerprint density at radius 3 is 1.89 bits per heavy atom. The Morgan fingerprint density at radius 2 is 1.09 bits per heavy atom. The van der Waals surface area contributed by atoms with Crippen LogP contribution < -0.4 is 4.74 Å². The van der Waals surface area contributed by atoms with Crippen molar-refractivity contribution >= 4 is 10.8 Å². The number of ether oxygens (including phenoxy) is 1. The Kier molecular flexibility index (Phi) is 6.86. The van der Waals surface area contributed by atoms with Crippen LogP contribution in [0.15, 0.2) is 188 Å². The van der Waals surface area contributed by atoms with Gasteiger partial charge in [-0.25, -0.2) is 15.0 Å². The number of allylic oxidation sites excluding steroid dienone is 4. The average Bonchev–Trinajstić information content (AvgIpc) is 3.54. The molecular weight excluding hydrogens is 659 g/mol. The maximum Gasteiger partial charge on any atom is 0.165 e. The van der Waals surface area contributed by atoms with E-state index < -0.39 is 5.41 Å². The van der Waals surface area contributed by atoms with E-state index in [0.717, 1.165) is 50.1 Å².